The van der Waals surface area contributed by atoms with Crippen LogP contribution in [-0.2, 0) is 18.9 Å². The highest BCUT2D eigenvalue weighted by molar-refractivity contribution is 8.72. The Balaban J connectivity index is 1.79. The molecule has 0 aliphatic carbocycles. The topological polar surface area (TPSA) is 138 Å². The van der Waals surface area contributed by atoms with E-state index in [2.05, 4.69) is 15.0 Å². The van der Waals surface area contributed by atoms with Crippen molar-refractivity contribution in [3.05, 3.63) is 52.9 Å². The average molecular weight is 571 g/mol. The number of pyridine rings is 1. The van der Waals surface area contributed by atoms with Gasteiger partial charge in [0.05, 0.1) is 45.1 Å². The van der Waals surface area contributed by atoms with Crippen molar-refractivity contribution in [1.29, 1.82) is 5.26 Å². The van der Waals surface area contributed by atoms with Gasteiger partial charge >= 0.3 is 0 Å². The Hall–Kier alpha value is -2.79. The van der Waals surface area contributed by atoms with Gasteiger partial charge in [-0.3, -0.25) is 9.71 Å². The number of anilines is 3. The zero-order valence-electron chi connectivity index (χ0n) is 18.8. The van der Waals surface area contributed by atoms with Crippen LogP contribution in [0.5, 0.6) is 5.75 Å². The van der Waals surface area contributed by atoms with Gasteiger partial charge in [0.1, 0.15) is 17.6 Å². The molecule has 2 aromatic carbocycles. The fourth-order valence-electron chi connectivity index (χ4n) is 3.67. The van der Waals surface area contributed by atoms with Crippen molar-refractivity contribution in [1.82, 2.24) is 4.98 Å². The highest BCUT2D eigenvalue weighted by atomic mass is 35.5. The molecule has 2 N–H and O–H groups in total. The van der Waals surface area contributed by atoms with Gasteiger partial charge in [0.25, 0.3) is 0 Å². The van der Waals surface area contributed by atoms with E-state index in [1.54, 1.807) is 6.92 Å². The molecule has 1 aliphatic heterocycles. The Bertz CT molecular complexity index is 1590. The minimum atomic E-state index is -4.08. The third-order valence-electron chi connectivity index (χ3n) is 5.34. The van der Waals surface area contributed by atoms with Gasteiger partial charge in [-0.15, -0.1) is 0 Å². The molecule has 1 saturated heterocycles. The molecule has 1 aromatic heterocycles. The second kappa shape index (κ2) is 10.3. The average Bonchev–Trinajstić information content (AvgIpc) is 3.14. The van der Waals surface area contributed by atoms with Gasteiger partial charge in [0, 0.05) is 29.1 Å². The van der Waals surface area contributed by atoms with Gasteiger partial charge in [-0.25, -0.2) is 21.2 Å². The van der Waals surface area contributed by atoms with Gasteiger partial charge in [0.2, 0.25) is 18.9 Å². The van der Waals surface area contributed by atoms with Crippen molar-refractivity contribution in [3.8, 4) is 11.8 Å². The molecule has 36 heavy (non-hydrogen) atoms. The molecular weight excluding hydrogens is 551 g/mol. The molecule has 3 aromatic rings. The fraction of sp³-hybridized carbons (Fsp3) is 0.273. The first-order valence-electron chi connectivity index (χ1n) is 10.6. The molecular formula is C22H20ClFN4O5S3. The van der Waals surface area contributed by atoms with Crippen LogP contribution < -0.4 is 14.8 Å². The lowest BCUT2D eigenvalue weighted by atomic mass is 10.1. The first-order valence-corrected chi connectivity index (χ1v) is 15.7. The second-order valence-electron chi connectivity index (χ2n) is 7.82. The minimum Gasteiger partial charge on any atom is -0.492 e. The maximum atomic E-state index is 13.6. The minimum absolute atomic E-state index is 0.0597. The summed E-state index contributed by atoms with van der Waals surface area (Å²) in [4.78, 5) is 4.28. The van der Waals surface area contributed by atoms with Gasteiger partial charge in [-0.05, 0) is 48.4 Å². The Morgan fingerprint density at radius 3 is 2.75 bits per heavy atom. The van der Waals surface area contributed by atoms with E-state index in [1.165, 1.54) is 36.5 Å². The van der Waals surface area contributed by atoms with Gasteiger partial charge in [0.15, 0.2) is 0 Å². The number of nitrogens with one attached hydrogen (secondary N) is 2. The van der Waals surface area contributed by atoms with Crippen molar-refractivity contribution < 1.29 is 26.0 Å². The third-order valence-corrected chi connectivity index (χ3v) is 11.5. The number of benzene rings is 2. The number of aromatic nitrogens is 1. The van der Waals surface area contributed by atoms with Crippen molar-refractivity contribution in [2.75, 3.05) is 28.2 Å². The Kier molecular flexibility index (Phi) is 7.51. The van der Waals surface area contributed by atoms with Crippen LogP contribution in [0.25, 0.3) is 10.9 Å². The lowest BCUT2D eigenvalue weighted by molar-refractivity contribution is 0.342. The summed E-state index contributed by atoms with van der Waals surface area (Å²) < 4.78 is 71.8. The SMILES string of the molecule is CCOc1cc2ncc(C#N)c(Nc3ccc(F)c(Cl)c3)c2cc1NS(=O)(=O)CC1CCSS1(=O)=O. The van der Waals surface area contributed by atoms with Crippen molar-refractivity contribution in [2.24, 2.45) is 0 Å². The Labute approximate surface area is 216 Å². The summed E-state index contributed by atoms with van der Waals surface area (Å²) in [5.74, 6) is -0.678. The summed E-state index contributed by atoms with van der Waals surface area (Å²) in [5, 5.41) is 11.9. The largest absolute Gasteiger partial charge is 0.492 e. The molecule has 14 heteroatoms. The van der Waals surface area contributed by atoms with Crippen molar-refractivity contribution in [2.45, 2.75) is 18.6 Å². The molecule has 0 saturated carbocycles. The summed E-state index contributed by atoms with van der Waals surface area (Å²) in [6.07, 6.45) is 1.59. The molecule has 0 bridgehead atoms. The first kappa shape index (κ1) is 26.3. The molecule has 0 spiro atoms. The zero-order chi connectivity index (χ0) is 26.1. The molecule has 190 valence electrons. The summed E-state index contributed by atoms with van der Waals surface area (Å²) in [5.41, 5.74) is 1.29. The molecule has 1 aliphatic rings. The van der Waals surface area contributed by atoms with Gasteiger partial charge in [-0.2, -0.15) is 5.26 Å². The number of hydrogen-bond donors (Lipinski definition) is 2. The van der Waals surface area contributed by atoms with Crippen LogP contribution in [0.3, 0.4) is 0 Å². The van der Waals surface area contributed by atoms with Crippen molar-refractivity contribution in [3.63, 3.8) is 0 Å². The number of nitriles is 1. The van der Waals surface area contributed by atoms with Crippen LogP contribution in [-0.4, -0.2) is 45.2 Å². The van der Waals surface area contributed by atoms with Crippen LogP contribution >= 0.6 is 22.4 Å². The highest BCUT2D eigenvalue weighted by Gasteiger charge is 2.36. The lowest BCUT2D eigenvalue weighted by Gasteiger charge is -2.17. The Morgan fingerprint density at radius 2 is 2.11 bits per heavy atom. The summed E-state index contributed by atoms with van der Waals surface area (Å²) >= 11 is 5.89. The van der Waals surface area contributed by atoms with Gasteiger partial charge < -0.3 is 10.1 Å². The smallest absolute Gasteiger partial charge is 0.234 e. The number of nitrogens with zero attached hydrogens (tertiary/aromatic N) is 2. The molecule has 4 rings (SSSR count). The predicted octanol–water partition coefficient (Wildman–Crippen LogP) is 4.62. The van der Waals surface area contributed by atoms with Crippen LogP contribution in [0.15, 0.2) is 36.5 Å². The van der Waals surface area contributed by atoms with Crippen LogP contribution in [0, 0.1) is 17.1 Å². The third kappa shape index (κ3) is 5.62. The number of hydrogen-bond acceptors (Lipinski definition) is 9. The van der Waals surface area contributed by atoms with Crippen LogP contribution in [0.1, 0.15) is 18.9 Å². The van der Waals surface area contributed by atoms with Gasteiger partial charge in [-0.1, -0.05) is 11.6 Å². The van der Waals surface area contributed by atoms with E-state index >= 15 is 0 Å². The summed E-state index contributed by atoms with van der Waals surface area (Å²) in [7, 11) is -6.88. The van der Waals surface area contributed by atoms with E-state index in [4.69, 9.17) is 16.3 Å². The van der Waals surface area contributed by atoms with E-state index in [9.17, 15) is 26.5 Å². The number of halogens is 2. The summed E-state index contributed by atoms with van der Waals surface area (Å²) in [6.45, 7) is 1.95. The second-order valence-corrected chi connectivity index (χ2v) is 14.4. The number of rotatable bonds is 8. The van der Waals surface area contributed by atoms with Crippen LogP contribution in [0.2, 0.25) is 5.02 Å². The molecule has 0 amide bonds. The first-order chi connectivity index (χ1) is 17.0. The Morgan fingerprint density at radius 1 is 1.33 bits per heavy atom. The quantitative estimate of drug-likeness (QED) is 0.371. The monoisotopic (exact) mass is 570 g/mol. The number of sulfonamides is 1. The van der Waals surface area contributed by atoms with E-state index in [-0.39, 0.29) is 35.1 Å². The van der Waals surface area contributed by atoms with E-state index in [1.807, 2.05) is 6.07 Å². The van der Waals surface area contributed by atoms with Crippen molar-refractivity contribution >= 4 is 69.3 Å². The standard InChI is InChI=1S/C22H20ClFN4O5S3/c1-2-33-21-9-19-16(8-20(21)28-35(29,30)12-15-5-6-34-36(15,31)32)22(13(10-25)11-26-19)27-14-3-4-18(24)17(23)7-14/h3-4,7-9,11,15,28H,2,5-6,12H2,1H3,(H,26,27). The molecule has 2 heterocycles. The maximum absolute atomic E-state index is 13.6. The van der Waals surface area contributed by atoms with E-state index in [0.717, 1.165) is 10.8 Å². The van der Waals surface area contributed by atoms with E-state index < -0.39 is 35.7 Å². The zero-order valence-corrected chi connectivity index (χ0v) is 22.0. The maximum Gasteiger partial charge on any atom is 0.234 e. The molecule has 1 unspecified atom stereocenters. The molecule has 1 fully saturated rings. The predicted molar refractivity (Wildman–Crippen MR) is 140 cm³/mol. The van der Waals surface area contributed by atoms with Crippen LogP contribution in [0.4, 0.5) is 21.5 Å². The van der Waals surface area contributed by atoms with E-state index in [0.29, 0.717) is 28.0 Å². The lowest BCUT2D eigenvalue weighted by Crippen LogP contribution is -2.28. The normalized spacial score (nSPS) is 17.0. The summed E-state index contributed by atoms with van der Waals surface area (Å²) in [6, 6.07) is 8.96. The number of fused-ring (bicyclic) bond motifs is 1. The molecule has 0 radical (unpaired) electrons. The highest BCUT2D eigenvalue weighted by Crippen LogP contribution is 2.38. The number of ether oxygens (including phenoxy) is 1. The fourth-order valence-corrected chi connectivity index (χ4v) is 10.0. The molecule has 1 atom stereocenters. The molecule has 9 nitrogen and oxygen atoms in total.